The molecule has 1 N–H and O–H groups in total. The summed E-state index contributed by atoms with van der Waals surface area (Å²) in [7, 11) is 0. The maximum Gasteiger partial charge on any atom is 0.321 e. The number of amides is 3. The standard InChI is InChI=1S/C18H24FN3O2/c1-14(23)22-11-10-21(13-18(22)8-3-2-4-9-18)17(24)20-16-7-5-6-15(19)12-16/h5-7,12H,2-4,8-11,13H2,1H3,(H,20,24). The molecule has 3 amide bonds. The molecule has 1 aliphatic heterocycles. The number of anilines is 1. The first-order chi connectivity index (χ1) is 11.5. The summed E-state index contributed by atoms with van der Waals surface area (Å²) in [5, 5.41) is 2.76. The third kappa shape index (κ3) is 3.37. The summed E-state index contributed by atoms with van der Waals surface area (Å²) >= 11 is 0. The zero-order chi connectivity index (χ0) is 17.2. The van der Waals surface area contributed by atoms with Crippen LogP contribution in [0.25, 0.3) is 0 Å². The summed E-state index contributed by atoms with van der Waals surface area (Å²) in [6, 6.07) is 5.66. The van der Waals surface area contributed by atoms with Crippen LogP contribution in [0.15, 0.2) is 24.3 Å². The van der Waals surface area contributed by atoms with Gasteiger partial charge in [0.25, 0.3) is 0 Å². The lowest BCUT2D eigenvalue weighted by atomic mass is 9.78. The second kappa shape index (κ2) is 6.79. The number of urea groups is 1. The lowest BCUT2D eigenvalue weighted by molar-refractivity contribution is -0.141. The van der Waals surface area contributed by atoms with Gasteiger partial charge in [-0.25, -0.2) is 9.18 Å². The van der Waals surface area contributed by atoms with E-state index in [4.69, 9.17) is 0 Å². The first kappa shape index (κ1) is 16.7. The Kier molecular flexibility index (Phi) is 4.73. The topological polar surface area (TPSA) is 52.7 Å². The van der Waals surface area contributed by atoms with Crippen molar-refractivity contribution < 1.29 is 14.0 Å². The van der Waals surface area contributed by atoms with E-state index in [1.54, 1.807) is 24.0 Å². The van der Waals surface area contributed by atoms with Gasteiger partial charge in [0, 0.05) is 32.2 Å². The number of carbonyl (C=O) groups excluding carboxylic acids is 2. The average Bonchev–Trinajstić information content (AvgIpc) is 2.55. The summed E-state index contributed by atoms with van der Waals surface area (Å²) in [6.45, 7) is 3.22. The summed E-state index contributed by atoms with van der Waals surface area (Å²) in [4.78, 5) is 28.3. The van der Waals surface area contributed by atoms with E-state index in [1.165, 1.54) is 18.6 Å². The van der Waals surface area contributed by atoms with Gasteiger partial charge in [0.2, 0.25) is 5.91 Å². The fourth-order valence-corrected chi connectivity index (χ4v) is 4.05. The quantitative estimate of drug-likeness (QED) is 0.858. The maximum absolute atomic E-state index is 13.3. The van der Waals surface area contributed by atoms with Gasteiger partial charge in [0.1, 0.15) is 5.82 Å². The zero-order valence-corrected chi connectivity index (χ0v) is 14.1. The van der Waals surface area contributed by atoms with Gasteiger partial charge in [-0.1, -0.05) is 25.3 Å². The molecule has 1 aliphatic carbocycles. The third-order valence-electron chi connectivity index (χ3n) is 5.18. The van der Waals surface area contributed by atoms with Crippen molar-refractivity contribution in [2.45, 2.75) is 44.6 Å². The van der Waals surface area contributed by atoms with Crippen LogP contribution in [-0.2, 0) is 4.79 Å². The largest absolute Gasteiger partial charge is 0.334 e. The van der Waals surface area contributed by atoms with Crippen molar-refractivity contribution >= 4 is 17.6 Å². The van der Waals surface area contributed by atoms with Gasteiger partial charge in [0.05, 0.1) is 5.54 Å². The highest BCUT2D eigenvalue weighted by molar-refractivity contribution is 5.89. The van der Waals surface area contributed by atoms with Crippen molar-refractivity contribution in [2.75, 3.05) is 25.0 Å². The zero-order valence-electron chi connectivity index (χ0n) is 14.1. The highest BCUT2D eigenvalue weighted by Gasteiger charge is 2.44. The molecule has 2 aliphatic rings. The Morgan fingerprint density at radius 2 is 1.92 bits per heavy atom. The molecule has 0 atom stereocenters. The summed E-state index contributed by atoms with van der Waals surface area (Å²) in [5.41, 5.74) is 0.216. The Hall–Kier alpha value is -2.11. The van der Waals surface area contributed by atoms with Crippen LogP contribution in [0, 0.1) is 5.82 Å². The van der Waals surface area contributed by atoms with Crippen LogP contribution in [-0.4, -0.2) is 46.9 Å². The van der Waals surface area contributed by atoms with E-state index in [9.17, 15) is 14.0 Å². The van der Waals surface area contributed by atoms with Crippen LogP contribution in [0.5, 0.6) is 0 Å². The van der Waals surface area contributed by atoms with E-state index in [0.717, 1.165) is 25.7 Å². The molecule has 130 valence electrons. The van der Waals surface area contributed by atoms with Gasteiger partial charge in [-0.3, -0.25) is 4.79 Å². The highest BCUT2D eigenvalue weighted by Crippen LogP contribution is 2.36. The Morgan fingerprint density at radius 3 is 2.58 bits per heavy atom. The monoisotopic (exact) mass is 333 g/mol. The molecule has 1 aromatic carbocycles. The second-order valence-electron chi connectivity index (χ2n) is 6.82. The molecule has 1 saturated carbocycles. The SMILES string of the molecule is CC(=O)N1CCN(C(=O)Nc2cccc(F)c2)CC12CCCCC2. The molecule has 24 heavy (non-hydrogen) atoms. The molecule has 0 bridgehead atoms. The number of nitrogens with one attached hydrogen (secondary N) is 1. The van der Waals surface area contributed by atoms with Crippen LogP contribution < -0.4 is 5.32 Å². The molecule has 1 saturated heterocycles. The van der Waals surface area contributed by atoms with Crippen LogP contribution in [0.2, 0.25) is 0 Å². The fraction of sp³-hybridized carbons (Fsp3) is 0.556. The number of nitrogens with zero attached hydrogens (tertiary/aromatic N) is 2. The molecule has 2 fully saturated rings. The van der Waals surface area contributed by atoms with Gasteiger partial charge in [-0.15, -0.1) is 0 Å². The van der Waals surface area contributed by atoms with Gasteiger partial charge in [0.15, 0.2) is 0 Å². The first-order valence-corrected chi connectivity index (χ1v) is 8.60. The number of hydrogen-bond acceptors (Lipinski definition) is 2. The van der Waals surface area contributed by atoms with Gasteiger partial charge in [-0.2, -0.15) is 0 Å². The second-order valence-corrected chi connectivity index (χ2v) is 6.82. The number of rotatable bonds is 1. The van der Waals surface area contributed by atoms with E-state index < -0.39 is 0 Å². The van der Waals surface area contributed by atoms with E-state index in [0.29, 0.717) is 25.3 Å². The van der Waals surface area contributed by atoms with Crippen molar-refractivity contribution in [1.29, 1.82) is 0 Å². The molecular weight excluding hydrogens is 309 g/mol. The minimum atomic E-state index is -0.377. The number of hydrogen-bond donors (Lipinski definition) is 1. The molecule has 6 heteroatoms. The molecule has 0 aromatic heterocycles. The normalized spacial score (nSPS) is 20.1. The lowest BCUT2D eigenvalue weighted by Gasteiger charge is -2.52. The Labute approximate surface area is 141 Å². The number of carbonyl (C=O) groups is 2. The van der Waals surface area contributed by atoms with E-state index in [2.05, 4.69) is 5.32 Å². The average molecular weight is 333 g/mol. The number of halogens is 1. The van der Waals surface area contributed by atoms with Gasteiger partial charge >= 0.3 is 6.03 Å². The van der Waals surface area contributed by atoms with Crippen molar-refractivity contribution in [1.82, 2.24) is 9.80 Å². The predicted molar refractivity (Wildman–Crippen MR) is 90.2 cm³/mol. The Bertz CT molecular complexity index is 628. The molecule has 1 spiro atoms. The molecule has 1 heterocycles. The molecule has 5 nitrogen and oxygen atoms in total. The highest BCUT2D eigenvalue weighted by atomic mass is 19.1. The van der Waals surface area contributed by atoms with Gasteiger partial charge < -0.3 is 15.1 Å². The molecule has 1 aromatic rings. The number of benzene rings is 1. The predicted octanol–water partition coefficient (Wildman–Crippen LogP) is 3.22. The first-order valence-electron chi connectivity index (χ1n) is 8.60. The van der Waals surface area contributed by atoms with Crippen molar-refractivity contribution in [3.8, 4) is 0 Å². The minimum absolute atomic E-state index is 0.0853. The molecule has 3 rings (SSSR count). The fourth-order valence-electron chi connectivity index (χ4n) is 4.05. The van der Waals surface area contributed by atoms with E-state index in [1.807, 2.05) is 4.90 Å². The summed E-state index contributed by atoms with van der Waals surface area (Å²) in [5.74, 6) is -0.292. The van der Waals surface area contributed by atoms with Crippen LogP contribution in [0.1, 0.15) is 39.0 Å². The molecule has 0 unspecified atom stereocenters. The van der Waals surface area contributed by atoms with Crippen LogP contribution >= 0.6 is 0 Å². The van der Waals surface area contributed by atoms with Crippen molar-refractivity contribution in [2.24, 2.45) is 0 Å². The third-order valence-corrected chi connectivity index (χ3v) is 5.18. The smallest absolute Gasteiger partial charge is 0.321 e. The number of piperazine rings is 1. The lowest BCUT2D eigenvalue weighted by Crippen LogP contribution is -2.65. The maximum atomic E-state index is 13.3. The van der Waals surface area contributed by atoms with Crippen molar-refractivity contribution in [3.63, 3.8) is 0 Å². The van der Waals surface area contributed by atoms with Crippen LogP contribution in [0.3, 0.4) is 0 Å². The Morgan fingerprint density at radius 1 is 1.17 bits per heavy atom. The molecular formula is C18H24FN3O2. The Balaban J connectivity index is 1.73. The summed E-state index contributed by atoms with van der Waals surface area (Å²) in [6.07, 6.45) is 5.24. The summed E-state index contributed by atoms with van der Waals surface area (Å²) < 4.78 is 13.3. The van der Waals surface area contributed by atoms with E-state index in [-0.39, 0.29) is 23.3 Å². The van der Waals surface area contributed by atoms with Crippen LogP contribution in [0.4, 0.5) is 14.9 Å². The minimum Gasteiger partial charge on any atom is -0.334 e. The van der Waals surface area contributed by atoms with Crippen molar-refractivity contribution in [3.05, 3.63) is 30.1 Å². The molecule has 0 radical (unpaired) electrons. The van der Waals surface area contributed by atoms with Gasteiger partial charge in [-0.05, 0) is 31.0 Å². The van der Waals surface area contributed by atoms with E-state index >= 15 is 0 Å².